The predicted octanol–water partition coefficient (Wildman–Crippen LogP) is 2.85. The molecule has 0 atom stereocenters. The van der Waals surface area contributed by atoms with Crippen LogP contribution in [-0.2, 0) is 0 Å². The first-order valence-electron chi connectivity index (χ1n) is 4.28. The first kappa shape index (κ1) is 10.9. The third kappa shape index (κ3) is 2.50. The summed E-state index contributed by atoms with van der Waals surface area (Å²) in [7, 11) is 0. The van der Waals surface area contributed by atoms with Crippen LogP contribution in [0.4, 0.5) is 10.7 Å². The van der Waals surface area contributed by atoms with Crippen LogP contribution >= 0.6 is 24.0 Å². The van der Waals surface area contributed by atoms with E-state index in [0.29, 0.717) is 15.7 Å². The van der Waals surface area contributed by atoms with Gasteiger partial charge >= 0.3 is 4.87 Å². The first-order valence-corrected chi connectivity index (χ1v) is 5.54. The minimum absolute atomic E-state index is 0.167. The predicted molar refractivity (Wildman–Crippen MR) is 64.5 cm³/mol. The van der Waals surface area contributed by atoms with Crippen LogP contribution in [0.3, 0.4) is 0 Å². The summed E-state index contributed by atoms with van der Waals surface area (Å²) in [5, 5.41) is 17.7. The number of H-pyrrole nitrogens is 1. The van der Waals surface area contributed by atoms with Crippen molar-refractivity contribution in [3.05, 3.63) is 33.9 Å². The molecule has 2 N–H and O–H groups in total. The molecule has 0 saturated heterocycles. The molecule has 0 aliphatic rings. The number of hydrogen-bond donors (Lipinski definition) is 3. The molecule has 0 unspecified atom stereocenters. The van der Waals surface area contributed by atoms with Gasteiger partial charge in [-0.1, -0.05) is 11.3 Å². The van der Waals surface area contributed by atoms with Crippen LogP contribution in [0.1, 0.15) is 0 Å². The lowest BCUT2D eigenvalue weighted by Gasteiger charge is -1.92. The third-order valence-corrected chi connectivity index (χ3v) is 2.96. The van der Waals surface area contributed by atoms with Crippen LogP contribution in [0.15, 0.2) is 44.3 Å². The van der Waals surface area contributed by atoms with Crippen molar-refractivity contribution < 1.29 is 5.11 Å². The van der Waals surface area contributed by atoms with E-state index in [1.807, 2.05) is 0 Å². The summed E-state index contributed by atoms with van der Waals surface area (Å²) in [6.45, 7) is 0. The van der Waals surface area contributed by atoms with Gasteiger partial charge in [-0.25, -0.2) is 0 Å². The summed E-state index contributed by atoms with van der Waals surface area (Å²) in [6.07, 6.45) is 0. The second kappa shape index (κ2) is 4.50. The zero-order chi connectivity index (χ0) is 11.5. The van der Waals surface area contributed by atoms with E-state index in [0.717, 1.165) is 11.3 Å². The number of aromatic nitrogens is 1. The molecular formula is C9H7N3O2S2. The molecule has 7 heteroatoms. The van der Waals surface area contributed by atoms with E-state index >= 15 is 0 Å². The van der Waals surface area contributed by atoms with Crippen LogP contribution in [0, 0.1) is 0 Å². The van der Waals surface area contributed by atoms with E-state index in [-0.39, 0.29) is 10.6 Å². The topological polar surface area (TPSA) is 77.8 Å². The number of benzene rings is 1. The molecule has 0 fully saturated rings. The summed E-state index contributed by atoms with van der Waals surface area (Å²) >= 11 is 4.98. The van der Waals surface area contributed by atoms with Gasteiger partial charge in [0, 0.05) is 0 Å². The van der Waals surface area contributed by atoms with E-state index < -0.39 is 0 Å². The van der Waals surface area contributed by atoms with Gasteiger partial charge in [-0.15, -0.1) is 22.9 Å². The second-order valence-electron chi connectivity index (χ2n) is 2.88. The number of aromatic hydroxyl groups is 1. The largest absolute Gasteiger partial charge is 0.508 e. The standard InChI is InChI=1S/C9H7N3O2S2/c13-6-3-1-5(2-4-6)11-12-8-7(15)10-9(14)16-8/h1-4,13,15H,(H,10,14). The summed E-state index contributed by atoms with van der Waals surface area (Å²) in [5.41, 5.74) is 0.589. The number of rotatable bonds is 2. The van der Waals surface area contributed by atoms with E-state index in [9.17, 15) is 4.79 Å². The molecular weight excluding hydrogens is 246 g/mol. The van der Waals surface area contributed by atoms with Gasteiger partial charge in [0.1, 0.15) is 10.8 Å². The number of azo groups is 1. The van der Waals surface area contributed by atoms with E-state index in [1.165, 1.54) is 12.1 Å². The SMILES string of the molecule is O=c1[nH]c(S)c(N=Nc2ccc(O)cc2)s1. The van der Waals surface area contributed by atoms with Crippen LogP contribution in [-0.4, -0.2) is 10.1 Å². The van der Waals surface area contributed by atoms with Crippen molar-refractivity contribution in [3.8, 4) is 5.75 Å². The zero-order valence-corrected chi connectivity index (χ0v) is 9.63. The fourth-order valence-corrected chi connectivity index (χ4v) is 1.92. The van der Waals surface area contributed by atoms with Crippen molar-refractivity contribution in [1.82, 2.24) is 4.98 Å². The minimum atomic E-state index is -0.218. The molecule has 0 aliphatic heterocycles. The first-order chi connectivity index (χ1) is 7.65. The molecule has 1 aromatic carbocycles. The number of phenolic OH excluding ortho intramolecular Hbond substituents is 1. The van der Waals surface area contributed by atoms with Crippen molar-refractivity contribution >= 4 is 34.7 Å². The molecule has 16 heavy (non-hydrogen) atoms. The maximum absolute atomic E-state index is 10.9. The zero-order valence-electron chi connectivity index (χ0n) is 7.91. The van der Waals surface area contributed by atoms with Crippen LogP contribution in [0.2, 0.25) is 0 Å². The normalized spacial score (nSPS) is 11.1. The summed E-state index contributed by atoms with van der Waals surface area (Å²) in [6, 6.07) is 6.25. The highest BCUT2D eigenvalue weighted by molar-refractivity contribution is 7.80. The molecule has 2 aromatic rings. The Labute approximate surface area is 99.9 Å². The minimum Gasteiger partial charge on any atom is -0.508 e. The molecule has 5 nitrogen and oxygen atoms in total. The van der Waals surface area contributed by atoms with Crippen molar-refractivity contribution in [3.63, 3.8) is 0 Å². The lowest BCUT2D eigenvalue weighted by atomic mass is 10.3. The Morgan fingerprint density at radius 3 is 2.50 bits per heavy atom. The third-order valence-electron chi connectivity index (χ3n) is 1.72. The maximum Gasteiger partial charge on any atom is 0.307 e. The van der Waals surface area contributed by atoms with E-state index in [2.05, 4.69) is 27.8 Å². The molecule has 0 bridgehead atoms. The molecule has 1 aromatic heterocycles. The van der Waals surface area contributed by atoms with Crippen LogP contribution in [0.25, 0.3) is 0 Å². The molecule has 0 aliphatic carbocycles. The van der Waals surface area contributed by atoms with Gasteiger partial charge < -0.3 is 10.1 Å². The number of aromatic amines is 1. The van der Waals surface area contributed by atoms with Gasteiger partial charge in [0.15, 0.2) is 5.00 Å². The van der Waals surface area contributed by atoms with Gasteiger partial charge in [0.2, 0.25) is 0 Å². The second-order valence-corrected chi connectivity index (χ2v) is 4.29. The highest BCUT2D eigenvalue weighted by Gasteiger charge is 2.02. The quantitative estimate of drug-likeness (QED) is 0.568. The highest BCUT2D eigenvalue weighted by Crippen LogP contribution is 2.26. The Balaban J connectivity index is 2.24. The fourth-order valence-electron chi connectivity index (χ4n) is 1.00. The Kier molecular flexibility index (Phi) is 3.07. The smallest absolute Gasteiger partial charge is 0.307 e. The van der Waals surface area contributed by atoms with E-state index in [1.54, 1.807) is 12.1 Å². The summed E-state index contributed by atoms with van der Waals surface area (Å²) in [4.78, 5) is 13.2. The van der Waals surface area contributed by atoms with Crippen molar-refractivity contribution in [1.29, 1.82) is 0 Å². The molecule has 0 radical (unpaired) electrons. The molecule has 0 saturated carbocycles. The van der Waals surface area contributed by atoms with Crippen molar-refractivity contribution in [2.45, 2.75) is 5.03 Å². The van der Waals surface area contributed by atoms with Gasteiger partial charge in [0.25, 0.3) is 0 Å². The van der Waals surface area contributed by atoms with Crippen molar-refractivity contribution in [2.75, 3.05) is 0 Å². The van der Waals surface area contributed by atoms with Gasteiger partial charge in [-0.2, -0.15) is 0 Å². The lowest BCUT2D eigenvalue weighted by Crippen LogP contribution is -1.89. The van der Waals surface area contributed by atoms with Gasteiger partial charge in [0.05, 0.1) is 5.69 Å². The lowest BCUT2D eigenvalue weighted by molar-refractivity contribution is 0.475. The van der Waals surface area contributed by atoms with Gasteiger partial charge in [-0.05, 0) is 24.3 Å². The summed E-state index contributed by atoms with van der Waals surface area (Å²) < 4.78 is 0. The Morgan fingerprint density at radius 1 is 1.25 bits per heavy atom. The average molecular weight is 253 g/mol. The maximum atomic E-state index is 10.9. The number of nitrogens with one attached hydrogen (secondary N) is 1. The number of hydrogen-bond acceptors (Lipinski definition) is 6. The number of nitrogens with zero attached hydrogens (tertiary/aromatic N) is 2. The molecule has 1 heterocycles. The molecule has 0 amide bonds. The van der Waals surface area contributed by atoms with Crippen LogP contribution in [0.5, 0.6) is 5.75 Å². The Hall–Kier alpha value is -1.60. The van der Waals surface area contributed by atoms with Crippen LogP contribution < -0.4 is 4.87 Å². The monoisotopic (exact) mass is 253 g/mol. The Morgan fingerprint density at radius 2 is 1.94 bits per heavy atom. The number of thiazole rings is 1. The highest BCUT2D eigenvalue weighted by atomic mass is 32.1. The van der Waals surface area contributed by atoms with E-state index in [4.69, 9.17) is 5.11 Å². The number of thiol groups is 1. The molecule has 82 valence electrons. The Bertz CT molecular complexity index is 571. The molecule has 2 rings (SSSR count). The molecule has 0 spiro atoms. The van der Waals surface area contributed by atoms with Crippen molar-refractivity contribution in [2.24, 2.45) is 10.2 Å². The fraction of sp³-hybridized carbons (Fsp3) is 0. The number of phenols is 1. The summed E-state index contributed by atoms with van der Waals surface area (Å²) in [5.74, 6) is 0.167. The average Bonchev–Trinajstić information content (AvgIpc) is 2.57. The van der Waals surface area contributed by atoms with Gasteiger partial charge in [-0.3, -0.25) is 4.79 Å².